The van der Waals surface area contributed by atoms with Gasteiger partial charge in [0, 0.05) is 10.9 Å². The number of sulfone groups is 1. The molecule has 1 aliphatic heterocycles. The number of hydrogen-bond acceptors (Lipinski definition) is 4. The molecule has 1 aliphatic rings. The Morgan fingerprint density at radius 1 is 1.32 bits per heavy atom. The molecule has 0 bridgehead atoms. The van der Waals surface area contributed by atoms with E-state index in [9.17, 15) is 22.4 Å². The van der Waals surface area contributed by atoms with Crippen molar-refractivity contribution in [3.05, 3.63) is 34.1 Å². The average Bonchev–Trinajstić information content (AvgIpc) is 2.78. The van der Waals surface area contributed by atoms with Crippen molar-refractivity contribution in [2.75, 3.05) is 11.5 Å². The fraction of sp³-hybridized carbons (Fsp3) is 0.385. The Morgan fingerprint density at radius 2 is 2.05 bits per heavy atom. The smallest absolute Gasteiger partial charge is 0.272 e. The topological polar surface area (TPSA) is 92.3 Å². The van der Waals surface area contributed by atoms with Crippen LogP contribution in [0.3, 0.4) is 0 Å². The minimum absolute atomic E-state index is 0.000472. The molecule has 2 rings (SSSR count). The lowest BCUT2D eigenvalue weighted by atomic mass is 10.1. The van der Waals surface area contributed by atoms with Crippen LogP contribution in [0.1, 0.15) is 23.2 Å². The second-order valence-electron chi connectivity index (χ2n) is 5.10. The molecular weight excluding hydrogens is 379 g/mol. The lowest BCUT2D eigenvalue weighted by Crippen LogP contribution is -2.42. The Balaban J connectivity index is 1.86. The van der Waals surface area contributed by atoms with Gasteiger partial charge in [0.1, 0.15) is 5.82 Å². The minimum atomic E-state index is -3.05. The molecule has 0 aromatic heterocycles. The predicted molar refractivity (Wildman–Crippen MR) is 81.1 cm³/mol. The van der Waals surface area contributed by atoms with Gasteiger partial charge in [-0.2, -0.15) is 0 Å². The molecule has 120 valence electrons. The van der Waals surface area contributed by atoms with Gasteiger partial charge in [0.25, 0.3) is 5.91 Å². The SMILES string of the molecule is O=C(C[C@@H]1CCS(=O)(=O)C1)NNC(=O)c1cc(Br)ccc1F. The van der Waals surface area contributed by atoms with Crippen molar-refractivity contribution in [2.45, 2.75) is 12.8 Å². The van der Waals surface area contributed by atoms with Crippen LogP contribution in [0, 0.1) is 11.7 Å². The van der Waals surface area contributed by atoms with Crippen LogP contribution in [0.15, 0.2) is 22.7 Å². The lowest BCUT2D eigenvalue weighted by Gasteiger charge is -2.10. The quantitative estimate of drug-likeness (QED) is 0.755. The van der Waals surface area contributed by atoms with Crippen molar-refractivity contribution in [2.24, 2.45) is 5.92 Å². The molecule has 1 aromatic rings. The molecule has 2 N–H and O–H groups in total. The van der Waals surface area contributed by atoms with E-state index in [1.54, 1.807) is 0 Å². The maximum atomic E-state index is 13.5. The van der Waals surface area contributed by atoms with E-state index in [2.05, 4.69) is 26.8 Å². The van der Waals surface area contributed by atoms with Crippen molar-refractivity contribution in [1.29, 1.82) is 0 Å². The van der Waals surface area contributed by atoms with Gasteiger partial charge in [0.15, 0.2) is 9.84 Å². The van der Waals surface area contributed by atoms with E-state index in [4.69, 9.17) is 0 Å². The number of rotatable bonds is 3. The van der Waals surface area contributed by atoms with Crippen molar-refractivity contribution >= 4 is 37.6 Å². The summed E-state index contributed by atoms with van der Waals surface area (Å²) in [7, 11) is -3.05. The first kappa shape index (κ1) is 16.9. The summed E-state index contributed by atoms with van der Waals surface area (Å²) in [6.45, 7) is 0. The first-order chi connectivity index (χ1) is 10.3. The Bertz CT molecular complexity index is 708. The molecule has 1 fully saturated rings. The summed E-state index contributed by atoms with van der Waals surface area (Å²) in [4.78, 5) is 23.5. The number of benzene rings is 1. The van der Waals surface area contributed by atoms with Crippen molar-refractivity contribution < 1.29 is 22.4 Å². The molecule has 0 spiro atoms. The van der Waals surface area contributed by atoms with Crippen molar-refractivity contribution in [3.8, 4) is 0 Å². The van der Waals surface area contributed by atoms with Gasteiger partial charge in [-0.15, -0.1) is 0 Å². The van der Waals surface area contributed by atoms with Crippen molar-refractivity contribution in [3.63, 3.8) is 0 Å². The van der Waals surface area contributed by atoms with Gasteiger partial charge in [-0.05, 0) is 30.5 Å². The first-order valence-electron chi connectivity index (χ1n) is 6.51. The highest BCUT2D eigenvalue weighted by Gasteiger charge is 2.29. The summed E-state index contributed by atoms with van der Waals surface area (Å²) in [5.74, 6) is -2.19. The van der Waals surface area contributed by atoms with E-state index >= 15 is 0 Å². The Labute approximate surface area is 135 Å². The summed E-state index contributed by atoms with van der Waals surface area (Å²) in [6, 6.07) is 3.87. The molecule has 9 heteroatoms. The van der Waals surface area contributed by atoms with E-state index in [1.165, 1.54) is 12.1 Å². The Hall–Kier alpha value is -1.48. The van der Waals surface area contributed by atoms with Gasteiger partial charge in [0.2, 0.25) is 5.91 Å². The number of carbonyl (C=O) groups is 2. The molecule has 2 amide bonds. The van der Waals surface area contributed by atoms with Gasteiger partial charge in [-0.1, -0.05) is 15.9 Å². The predicted octanol–water partition coefficient (Wildman–Crippen LogP) is 1.17. The molecule has 0 aliphatic carbocycles. The number of halogens is 2. The zero-order valence-electron chi connectivity index (χ0n) is 11.4. The maximum absolute atomic E-state index is 13.5. The molecule has 0 saturated carbocycles. The van der Waals surface area contributed by atoms with Gasteiger partial charge < -0.3 is 0 Å². The summed E-state index contributed by atoms with van der Waals surface area (Å²) in [6.07, 6.45) is 0.435. The van der Waals surface area contributed by atoms with Crippen LogP contribution in [0.2, 0.25) is 0 Å². The highest BCUT2D eigenvalue weighted by atomic mass is 79.9. The highest BCUT2D eigenvalue weighted by molar-refractivity contribution is 9.10. The Morgan fingerprint density at radius 3 is 2.68 bits per heavy atom. The van der Waals surface area contributed by atoms with Crippen molar-refractivity contribution in [1.82, 2.24) is 10.9 Å². The van der Waals surface area contributed by atoms with Crippen LogP contribution in [0.4, 0.5) is 4.39 Å². The van der Waals surface area contributed by atoms with E-state index in [1.807, 2.05) is 0 Å². The third-order valence-electron chi connectivity index (χ3n) is 3.29. The highest BCUT2D eigenvalue weighted by Crippen LogP contribution is 2.21. The zero-order valence-corrected chi connectivity index (χ0v) is 13.8. The Kier molecular flexibility index (Phi) is 5.17. The molecule has 1 saturated heterocycles. The molecule has 6 nitrogen and oxygen atoms in total. The number of hydrogen-bond donors (Lipinski definition) is 2. The van der Waals surface area contributed by atoms with Crippen LogP contribution in [-0.4, -0.2) is 31.7 Å². The molecule has 0 unspecified atom stereocenters. The van der Waals surface area contributed by atoms with Gasteiger partial charge in [-0.25, -0.2) is 12.8 Å². The average molecular weight is 393 g/mol. The third kappa shape index (κ3) is 4.51. The zero-order chi connectivity index (χ0) is 16.3. The minimum Gasteiger partial charge on any atom is -0.273 e. The summed E-state index contributed by atoms with van der Waals surface area (Å²) < 4.78 is 36.6. The molecule has 22 heavy (non-hydrogen) atoms. The monoisotopic (exact) mass is 392 g/mol. The van der Waals surface area contributed by atoms with Crippen LogP contribution in [-0.2, 0) is 14.6 Å². The second kappa shape index (κ2) is 6.74. The number of nitrogens with one attached hydrogen (secondary N) is 2. The van der Waals surface area contributed by atoms with E-state index in [0.29, 0.717) is 10.9 Å². The van der Waals surface area contributed by atoms with E-state index < -0.39 is 27.5 Å². The van der Waals surface area contributed by atoms with E-state index in [0.717, 1.165) is 6.07 Å². The fourth-order valence-corrected chi connectivity index (χ4v) is 4.43. The van der Waals surface area contributed by atoms with Crippen LogP contribution in [0.5, 0.6) is 0 Å². The van der Waals surface area contributed by atoms with Gasteiger partial charge in [-0.3, -0.25) is 20.4 Å². The molecule has 1 atom stereocenters. The van der Waals surface area contributed by atoms with E-state index in [-0.39, 0.29) is 29.4 Å². The van der Waals surface area contributed by atoms with Crippen LogP contribution < -0.4 is 10.9 Å². The molecular formula is C13H14BrFN2O4S. The lowest BCUT2D eigenvalue weighted by molar-refractivity contribution is -0.122. The molecule has 1 aromatic carbocycles. The second-order valence-corrected chi connectivity index (χ2v) is 8.24. The number of amides is 2. The molecule has 0 radical (unpaired) electrons. The maximum Gasteiger partial charge on any atom is 0.272 e. The van der Waals surface area contributed by atoms with Crippen LogP contribution >= 0.6 is 15.9 Å². The third-order valence-corrected chi connectivity index (χ3v) is 5.62. The van der Waals surface area contributed by atoms with Gasteiger partial charge in [0.05, 0.1) is 17.1 Å². The number of hydrazine groups is 1. The molecule has 1 heterocycles. The summed E-state index contributed by atoms with van der Waals surface area (Å²) in [5.41, 5.74) is 4.07. The summed E-state index contributed by atoms with van der Waals surface area (Å²) >= 11 is 3.12. The fourth-order valence-electron chi connectivity index (χ4n) is 2.21. The first-order valence-corrected chi connectivity index (χ1v) is 9.13. The summed E-state index contributed by atoms with van der Waals surface area (Å²) in [5, 5.41) is 0. The number of carbonyl (C=O) groups excluding carboxylic acids is 2. The van der Waals surface area contributed by atoms with Crippen LogP contribution in [0.25, 0.3) is 0 Å². The normalized spacial score (nSPS) is 19.6. The largest absolute Gasteiger partial charge is 0.273 e. The standard InChI is InChI=1S/C13H14BrFN2O4S/c14-9-1-2-11(15)10(6-9)13(19)17-16-12(18)5-8-3-4-22(20,21)7-8/h1-2,6,8H,3-5,7H2,(H,16,18)(H,17,19)/t8-/m0/s1. The van der Waals surface area contributed by atoms with Gasteiger partial charge >= 0.3 is 0 Å².